The molecule has 1 aromatic heterocycles. The molecule has 9 heteroatoms. The Balaban J connectivity index is 1.59. The van der Waals surface area contributed by atoms with Crippen molar-refractivity contribution in [3.05, 3.63) is 5.89 Å². The number of halogens is 3. The fourth-order valence-corrected chi connectivity index (χ4v) is 3.06. The third-order valence-electron chi connectivity index (χ3n) is 4.19. The summed E-state index contributed by atoms with van der Waals surface area (Å²) in [4.78, 5) is 4.07. The van der Waals surface area contributed by atoms with E-state index in [2.05, 4.69) is 22.1 Å². The van der Waals surface area contributed by atoms with Crippen molar-refractivity contribution < 1.29 is 22.3 Å². The van der Waals surface area contributed by atoms with Crippen LogP contribution in [0.3, 0.4) is 0 Å². The number of piperidine rings is 1. The highest BCUT2D eigenvalue weighted by atomic mass is 19.4. The number of morpholine rings is 1. The van der Waals surface area contributed by atoms with Crippen LogP contribution in [0.2, 0.25) is 0 Å². The predicted molar refractivity (Wildman–Crippen MR) is 71.7 cm³/mol. The molecule has 2 saturated heterocycles. The van der Waals surface area contributed by atoms with Crippen LogP contribution in [0, 0.1) is 0 Å². The Kier molecular flexibility index (Phi) is 4.02. The van der Waals surface area contributed by atoms with Gasteiger partial charge in [-0.3, -0.25) is 0 Å². The maximum absolute atomic E-state index is 12.3. The van der Waals surface area contributed by atoms with Crippen molar-refractivity contribution in [2.45, 2.75) is 31.0 Å². The van der Waals surface area contributed by atoms with Crippen LogP contribution in [0.1, 0.15) is 18.7 Å². The van der Waals surface area contributed by atoms with Gasteiger partial charge < -0.3 is 19.0 Å². The maximum atomic E-state index is 12.3. The van der Waals surface area contributed by atoms with Gasteiger partial charge in [0, 0.05) is 26.2 Å². The molecule has 0 N–H and O–H groups in total. The van der Waals surface area contributed by atoms with E-state index >= 15 is 0 Å². The topological polar surface area (TPSA) is 54.6 Å². The Morgan fingerprint density at radius 1 is 1.18 bits per heavy atom. The maximum Gasteiger partial charge on any atom is 0.397 e. The van der Waals surface area contributed by atoms with Crippen LogP contribution in [-0.2, 0) is 11.2 Å². The molecule has 0 radical (unpaired) electrons. The number of nitrogens with zero attached hydrogens (tertiary/aromatic N) is 4. The molecule has 0 unspecified atom stereocenters. The van der Waals surface area contributed by atoms with Crippen LogP contribution in [0.5, 0.6) is 0 Å². The highest BCUT2D eigenvalue weighted by Gasteiger charge is 2.40. The number of hydrogen-bond donors (Lipinski definition) is 0. The predicted octanol–water partition coefficient (Wildman–Crippen LogP) is 1.48. The van der Waals surface area contributed by atoms with Crippen molar-refractivity contribution in [2.24, 2.45) is 0 Å². The highest BCUT2D eigenvalue weighted by molar-refractivity contribution is 5.26. The summed E-state index contributed by atoms with van der Waals surface area (Å²) in [5.41, 5.74) is -0.154. The second-order valence-electron chi connectivity index (χ2n) is 6.03. The minimum atomic E-state index is -4.34. The number of aromatic nitrogens is 2. The van der Waals surface area contributed by atoms with Crippen LogP contribution in [0.4, 0.5) is 19.2 Å². The van der Waals surface area contributed by atoms with Crippen molar-refractivity contribution in [3.8, 4) is 0 Å². The minimum Gasteiger partial charge on any atom is -0.408 e. The molecule has 2 aliphatic heterocycles. The van der Waals surface area contributed by atoms with Crippen LogP contribution in [-0.4, -0.2) is 66.7 Å². The Morgan fingerprint density at radius 3 is 2.55 bits per heavy atom. The summed E-state index contributed by atoms with van der Waals surface area (Å²) < 4.78 is 48.0. The van der Waals surface area contributed by atoms with Gasteiger partial charge in [0.1, 0.15) is 6.42 Å². The lowest BCUT2D eigenvalue weighted by Gasteiger charge is -2.46. The lowest BCUT2D eigenvalue weighted by Crippen LogP contribution is -2.56. The van der Waals surface area contributed by atoms with Gasteiger partial charge in [-0.05, 0) is 19.9 Å². The zero-order valence-electron chi connectivity index (χ0n) is 12.4. The Bertz CT molecular complexity index is 512. The lowest BCUT2D eigenvalue weighted by atomic mass is 9.89. The van der Waals surface area contributed by atoms with Gasteiger partial charge >= 0.3 is 12.2 Å². The monoisotopic (exact) mass is 320 g/mol. The number of hydrogen-bond acceptors (Lipinski definition) is 6. The molecule has 0 atom stereocenters. The normalized spacial score (nSPS) is 23.2. The molecule has 3 rings (SSSR count). The summed E-state index contributed by atoms with van der Waals surface area (Å²) in [6, 6.07) is 0.165. The summed E-state index contributed by atoms with van der Waals surface area (Å²) in [7, 11) is 2.07. The summed E-state index contributed by atoms with van der Waals surface area (Å²) in [6.07, 6.45) is -3.93. The molecular formula is C13H19F3N4O2. The Morgan fingerprint density at radius 2 is 1.91 bits per heavy atom. The fraction of sp³-hybridized carbons (Fsp3) is 0.846. The van der Waals surface area contributed by atoms with Gasteiger partial charge in [-0.15, -0.1) is 5.10 Å². The first-order valence-electron chi connectivity index (χ1n) is 7.32. The molecule has 124 valence electrons. The standard InChI is InChI=1S/C13H19F3N4O2/c1-19-6-7-21-12(9-19)2-4-20(5-3-12)11-18-17-10(22-11)8-13(14,15)16/h2-9H2,1H3. The van der Waals surface area contributed by atoms with Gasteiger partial charge in [-0.2, -0.15) is 13.2 Å². The molecule has 0 aliphatic carbocycles. The quantitative estimate of drug-likeness (QED) is 0.823. The summed E-state index contributed by atoms with van der Waals surface area (Å²) in [6.45, 7) is 3.80. The van der Waals surface area contributed by atoms with Gasteiger partial charge in [0.2, 0.25) is 5.89 Å². The first kappa shape index (κ1) is 15.5. The van der Waals surface area contributed by atoms with E-state index in [0.29, 0.717) is 19.7 Å². The summed E-state index contributed by atoms with van der Waals surface area (Å²) in [5, 5.41) is 7.21. The van der Waals surface area contributed by atoms with Gasteiger partial charge in [-0.1, -0.05) is 5.10 Å². The number of likely N-dealkylation sites (N-methyl/N-ethyl adjacent to an activating group) is 1. The van der Waals surface area contributed by atoms with E-state index in [9.17, 15) is 13.2 Å². The molecule has 0 bridgehead atoms. The molecule has 2 aliphatic rings. The first-order valence-corrected chi connectivity index (χ1v) is 7.32. The molecular weight excluding hydrogens is 301 g/mol. The van der Waals surface area contributed by atoms with Crippen LogP contribution in [0.15, 0.2) is 4.42 Å². The molecule has 22 heavy (non-hydrogen) atoms. The average Bonchev–Trinajstić information content (AvgIpc) is 2.85. The largest absolute Gasteiger partial charge is 0.408 e. The molecule has 1 aromatic rings. The molecule has 0 saturated carbocycles. The fourth-order valence-electron chi connectivity index (χ4n) is 3.06. The van der Waals surface area contributed by atoms with E-state index in [1.807, 2.05) is 4.90 Å². The van der Waals surface area contributed by atoms with Gasteiger partial charge in [0.25, 0.3) is 0 Å². The second-order valence-corrected chi connectivity index (χ2v) is 6.03. The van der Waals surface area contributed by atoms with E-state index < -0.39 is 18.5 Å². The molecule has 0 amide bonds. The third-order valence-corrected chi connectivity index (χ3v) is 4.19. The third kappa shape index (κ3) is 3.52. The van der Waals surface area contributed by atoms with Gasteiger partial charge in [-0.25, -0.2) is 0 Å². The van der Waals surface area contributed by atoms with Crippen molar-refractivity contribution in [1.82, 2.24) is 15.1 Å². The van der Waals surface area contributed by atoms with Crippen molar-refractivity contribution in [1.29, 1.82) is 0 Å². The number of rotatable bonds is 2. The van der Waals surface area contributed by atoms with E-state index in [1.165, 1.54) is 0 Å². The first-order chi connectivity index (χ1) is 10.4. The Hall–Kier alpha value is -1.35. The minimum absolute atomic E-state index is 0.154. The molecule has 3 heterocycles. The van der Waals surface area contributed by atoms with Crippen LogP contribution < -0.4 is 4.90 Å². The van der Waals surface area contributed by atoms with Crippen molar-refractivity contribution >= 4 is 6.01 Å². The summed E-state index contributed by atoms with van der Waals surface area (Å²) in [5.74, 6) is -0.392. The Labute approximate surface area is 126 Å². The van der Waals surface area contributed by atoms with E-state index in [4.69, 9.17) is 9.15 Å². The van der Waals surface area contributed by atoms with E-state index in [-0.39, 0.29) is 11.6 Å². The SMILES string of the molecule is CN1CCOC2(CCN(c3nnc(CC(F)(F)F)o3)CC2)C1. The highest BCUT2D eigenvalue weighted by Crippen LogP contribution is 2.31. The van der Waals surface area contributed by atoms with Crippen molar-refractivity contribution in [2.75, 3.05) is 44.7 Å². The van der Waals surface area contributed by atoms with Gasteiger partial charge in [0.15, 0.2) is 0 Å². The average molecular weight is 320 g/mol. The van der Waals surface area contributed by atoms with E-state index in [0.717, 1.165) is 25.9 Å². The summed E-state index contributed by atoms with van der Waals surface area (Å²) >= 11 is 0. The zero-order valence-corrected chi connectivity index (χ0v) is 12.4. The molecule has 6 nitrogen and oxygen atoms in total. The smallest absolute Gasteiger partial charge is 0.397 e. The van der Waals surface area contributed by atoms with E-state index in [1.54, 1.807) is 0 Å². The van der Waals surface area contributed by atoms with Crippen molar-refractivity contribution in [3.63, 3.8) is 0 Å². The van der Waals surface area contributed by atoms with Gasteiger partial charge in [0.05, 0.1) is 12.2 Å². The molecule has 2 fully saturated rings. The number of anilines is 1. The molecule has 0 aromatic carbocycles. The van der Waals surface area contributed by atoms with Crippen LogP contribution >= 0.6 is 0 Å². The zero-order chi connectivity index (χ0) is 15.8. The number of ether oxygens (including phenoxy) is 1. The molecule has 1 spiro atoms. The second kappa shape index (κ2) is 5.69. The lowest BCUT2D eigenvalue weighted by molar-refractivity contribution is -0.130. The number of alkyl halides is 3. The van der Waals surface area contributed by atoms with Crippen LogP contribution in [0.25, 0.3) is 0 Å².